The second kappa shape index (κ2) is 4.99. The molecule has 1 fully saturated rings. The molecular formula is C13H23NO. The molecule has 0 aliphatic heterocycles. The molecule has 3 atom stereocenters. The monoisotopic (exact) mass is 209 g/mol. The summed E-state index contributed by atoms with van der Waals surface area (Å²) in [5.74, 6) is 0.856. The van der Waals surface area contributed by atoms with E-state index < -0.39 is 0 Å². The van der Waals surface area contributed by atoms with Gasteiger partial charge < -0.3 is 4.74 Å². The molecule has 0 N–H and O–H groups in total. The van der Waals surface area contributed by atoms with Crippen LogP contribution >= 0.6 is 0 Å². The van der Waals surface area contributed by atoms with Crippen LogP contribution in [0.5, 0.6) is 0 Å². The van der Waals surface area contributed by atoms with Crippen LogP contribution < -0.4 is 0 Å². The molecule has 0 aromatic rings. The predicted molar refractivity (Wildman–Crippen MR) is 61.4 cm³/mol. The molecule has 1 aliphatic carbocycles. The van der Waals surface area contributed by atoms with Gasteiger partial charge in [0, 0.05) is 0 Å². The maximum atomic E-state index is 9.09. The van der Waals surface area contributed by atoms with E-state index in [0.717, 1.165) is 18.8 Å². The van der Waals surface area contributed by atoms with E-state index in [2.05, 4.69) is 33.8 Å². The van der Waals surface area contributed by atoms with Crippen molar-refractivity contribution in [1.29, 1.82) is 5.26 Å². The third-order valence-electron chi connectivity index (χ3n) is 3.15. The van der Waals surface area contributed by atoms with Crippen LogP contribution in [0.1, 0.15) is 53.4 Å². The smallest absolute Gasteiger partial charge is 0.0742 e. The lowest BCUT2D eigenvalue weighted by atomic mass is 9.79. The molecule has 3 unspecified atom stereocenters. The molecule has 0 bridgehead atoms. The number of rotatable bonds is 2. The first-order valence-electron chi connectivity index (χ1n) is 6.03. The van der Waals surface area contributed by atoms with E-state index in [1.807, 2.05) is 0 Å². The molecule has 2 nitrogen and oxygen atoms in total. The molecule has 0 aromatic carbocycles. The van der Waals surface area contributed by atoms with E-state index in [1.165, 1.54) is 12.8 Å². The molecule has 1 rings (SSSR count). The van der Waals surface area contributed by atoms with Crippen molar-refractivity contribution >= 4 is 0 Å². The fraction of sp³-hybridized carbons (Fsp3) is 0.923. The van der Waals surface area contributed by atoms with Gasteiger partial charge in [0.05, 0.1) is 23.7 Å². The summed E-state index contributed by atoms with van der Waals surface area (Å²) in [4.78, 5) is 0. The topological polar surface area (TPSA) is 33.0 Å². The Hall–Kier alpha value is -0.550. The predicted octanol–water partition coefficient (Wildman–Crippen LogP) is 3.52. The van der Waals surface area contributed by atoms with Gasteiger partial charge in [-0.25, -0.2) is 0 Å². The van der Waals surface area contributed by atoms with Crippen molar-refractivity contribution in [2.75, 3.05) is 0 Å². The molecule has 0 amide bonds. The van der Waals surface area contributed by atoms with Gasteiger partial charge in [0.2, 0.25) is 0 Å². The summed E-state index contributed by atoms with van der Waals surface area (Å²) in [6.45, 7) is 8.43. The number of hydrogen-bond acceptors (Lipinski definition) is 2. The van der Waals surface area contributed by atoms with E-state index >= 15 is 0 Å². The maximum Gasteiger partial charge on any atom is 0.0742 e. The average molecular weight is 209 g/mol. The lowest BCUT2D eigenvalue weighted by Gasteiger charge is -2.36. The second-order valence-corrected chi connectivity index (χ2v) is 5.59. The van der Waals surface area contributed by atoms with Gasteiger partial charge in [-0.1, -0.05) is 13.3 Å². The Balaban J connectivity index is 2.60. The third-order valence-corrected chi connectivity index (χ3v) is 3.15. The lowest BCUT2D eigenvalue weighted by molar-refractivity contribution is -0.0965. The van der Waals surface area contributed by atoms with Crippen LogP contribution in [-0.4, -0.2) is 11.7 Å². The summed E-state index contributed by atoms with van der Waals surface area (Å²) in [6.07, 6.45) is 4.62. The molecule has 0 saturated heterocycles. The van der Waals surface area contributed by atoms with Crippen LogP contribution in [0.25, 0.3) is 0 Å². The van der Waals surface area contributed by atoms with Gasteiger partial charge in [0.25, 0.3) is 0 Å². The Morgan fingerprint density at radius 1 is 1.33 bits per heavy atom. The largest absolute Gasteiger partial charge is 0.371 e. The Bertz CT molecular complexity index is 236. The summed E-state index contributed by atoms with van der Waals surface area (Å²) in [7, 11) is 0. The number of nitriles is 1. The van der Waals surface area contributed by atoms with E-state index in [9.17, 15) is 0 Å². The van der Waals surface area contributed by atoms with Crippen LogP contribution in [0.3, 0.4) is 0 Å². The molecule has 15 heavy (non-hydrogen) atoms. The highest BCUT2D eigenvalue weighted by Crippen LogP contribution is 2.34. The van der Waals surface area contributed by atoms with Crippen molar-refractivity contribution in [3.8, 4) is 6.07 Å². The van der Waals surface area contributed by atoms with Crippen molar-refractivity contribution < 1.29 is 4.74 Å². The van der Waals surface area contributed by atoms with Gasteiger partial charge in [-0.05, 0) is 46.0 Å². The molecule has 0 aromatic heterocycles. The number of ether oxygens (including phenoxy) is 1. The van der Waals surface area contributed by atoms with Crippen molar-refractivity contribution in [2.24, 2.45) is 11.8 Å². The van der Waals surface area contributed by atoms with E-state index in [1.54, 1.807) is 0 Å². The van der Waals surface area contributed by atoms with Crippen molar-refractivity contribution in [1.82, 2.24) is 0 Å². The highest BCUT2D eigenvalue weighted by Gasteiger charge is 2.33. The fourth-order valence-corrected chi connectivity index (χ4v) is 2.31. The second-order valence-electron chi connectivity index (χ2n) is 5.59. The molecule has 1 saturated carbocycles. The first-order chi connectivity index (χ1) is 6.96. The molecule has 0 heterocycles. The van der Waals surface area contributed by atoms with Gasteiger partial charge in [-0.15, -0.1) is 0 Å². The summed E-state index contributed by atoms with van der Waals surface area (Å²) < 4.78 is 5.99. The lowest BCUT2D eigenvalue weighted by Crippen LogP contribution is -2.37. The van der Waals surface area contributed by atoms with Gasteiger partial charge in [-0.3, -0.25) is 0 Å². The van der Waals surface area contributed by atoms with Crippen molar-refractivity contribution in [2.45, 2.75) is 65.1 Å². The van der Waals surface area contributed by atoms with Gasteiger partial charge >= 0.3 is 0 Å². The van der Waals surface area contributed by atoms with Gasteiger partial charge in [0.15, 0.2) is 0 Å². The Labute approximate surface area is 93.6 Å². The Morgan fingerprint density at radius 3 is 2.47 bits per heavy atom. The summed E-state index contributed by atoms with van der Waals surface area (Å²) in [5.41, 5.74) is -0.130. The van der Waals surface area contributed by atoms with Gasteiger partial charge in [-0.2, -0.15) is 5.26 Å². The standard InChI is InChI=1S/C13H23NO/c1-5-10-6-7-11(9-14)12(8-10)15-13(2,3)4/h10-12H,5-8H2,1-4H3. The number of nitrogens with zero attached hydrogens (tertiary/aromatic N) is 1. The molecule has 1 aliphatic rings. The normalized spacial score (nSPS) is 32.3. The van der Waals surface area contributed by atoms with Crippen LogP contribution in [0.2, 0.25) is 0 Å². The quantitative estimate of drug-likeness (QED) is 0.697. The van der Waals surface area contributed by atoms with Crippen LogP contribution in [-0.2, 0) is 4.74 Å². The molecular weight excluding hydrogens is 186 g/mol. The molecule has 2 heteroatoms. The van der Waals surface area contributed by atoms with E-state index in [-0.39, 0.29) is 17.6 Å². The van der Waals surface area contributed by atoms with Crippen molar-refractivity contribution in [3.05, 3.63) is 0 Å². The zero-order chi connectivity index (χ0) is 11.5. The maximum absolute atomic E-state index is 9.09. The van der Waals surface area contributed by atoms with E-state index in [4.69, 9.17) is 10.00 Å². The highest BCUT2D eigenvalue weighted by molar-refractivity contribution is 4.94. The minimum atomic E-state index is -0.130. The SMILES string of the molecule is CCC1CCC(C#N)C(OC(C)(C)C)C1. The third kappa shape index (κ3) is 3.83. The molecule has 86 valence electrons. The number of hydrogen-bond donors (Lipinski definition) is 0. The minimum absolute atomic E-state index is 0.104. The molecule has 0 radical (unpaired) electrons. The summed E-state index contributed by atoms with van der Waals surface area (Å²) in [5, 5.41) is 9.09. The highest BCUT2D eigenvalue weighted by atomic mass is 16.5. The van der Waals surface area contributed by atoms with Crippen LogP contribution in [0, 0.1) is 23.2 Å². The van der Waals surface area contributed by atoms with Gasteiger partial charge in [0.1, 0.15) is 0 Å². The first-order valence-corrected chi connectivity index (χ1v) is 6.03. The zero-order valence-corrected chi connectivity index (χ0v) is 10.4. The molecule has 0 spiro atoms. The van der Waals surface area contributed by atoms with E-state index in [0.29, 0.717) is 0 Å². The summed E-state index contributed by atoms with van der Waals surface area (Å²) in [6, 6.07) is 2.40. The Kier molecular flexibility index (Phi) is 4.16. The zero-order valence-electron chi connectivity index (χ0n) is 10.4. The van der Waals surface area contributed by atoms with Crippen LogP contribution in [0.15, 0.2) is 0 Å². The average Bonchev–Trinajstić information content (AvgIpc) is 2.15. The first kappa shape index (κ1) is 12.5. The fourth-order valence-electron chi connectivity index (χ4n) is 2.31. The van der Waals surface area contributed by atoms with Crippen LogP contribution in [0.4, 0.5) is 0 Å². The van der Waals surface area contributed by atoms with Crippen molar-refractivity contribution in [3.63, 3.8) is 0 Å². The summed E-state index contributed by atoms with van der Waals surface area (Å²) >= 11 is 0. The Morgan fingerprint density at radius 2 is 2.00 bits per heavy atom. The minimum Gasteiger partial charge on any atom is -0.371 e.